The predicted octanol–water partition coefficient (Wildman–Crippen LogP) is 2.89. The smallest absolute Gasteiger partial charge is 0.0654 e. The van der Waals surface area contributed by atoms with Crippen molar-refractivity contribution in [1.82, 2.24) is 0 Å². The van der Waals surface area contributed by atoms with Gasteiger partial charge >= 0.3 is 0 Å². The molecule has 1 saturated carbocycles. The quantitative estimate of drug-likeness (QED) is 0.724. The van der Waals surface area contributed by atoms with Crippen LogP contribution in [0.2, 0.25) is 0 Å². The van der Waals surface area contributed by atoms with Gasteiger partial charge in [-0.15, -0.1) is 0 Å². The van der Waals surface area contributed by atoms with Crippen LogP contribution in [0.15, 0.2) is 11.6 Å². The molecule has 0 amide bonds. The summed E-state index contributed by atoms with van der Waals surface area (Å²) in [6.07, 6.45) is 5.45. The molecule has 0 aromatic rings. The number of allylic oxidation sites excluding steroid dienone is 2. The van der Waals surface area contributed by atoms with Gasteiger partial charge in [0.15, 0.2) is 0 Å². The van der Waals surface area contributed by atoms with E-state index in [1.54, 1.807) is 0 Å². The zero-order valence-electron chi connectivity index (χ0n) is 11.0. The van der Waals surface area contributed by atoms with Crippen molar-refractivity contribution in [3.05, 3.63) is 11.6 Å². The van der Waals surface area contributed by atoms with Crippen molar-refractivity contribution in [3.8, 4) is 0 Å². The summed E-state index contributed by atoms with van der Waals surface area (Å²) in [5.41, 5.74) is 0.665. The molecule has 2 nitrogen and oxygen atoms in total. The Morgan fingerprint density at radius 1 is 1.38 bits per heavy atom. The zero-order valence-corrected chi connectivity index (χ0v) is 11.0. The summed E-state index contributed by atoms with van der Waals surface area (Å²) in [5, 5.41) is 20.2. The third kappa shape index (κ3) is 3.33. The largest absolute Gasteiger partial charge is 0.393 e. The Hall–Kier alpha value is -0.340. The van der Waals surface area contributed by atoms with Crippen LogP contribution < -0.4 is 0 Å². The Bertz CT molecular complexity index is 251. The summed E-state index contributed by atoms with van der Waals surface area (Å²) in [5.74, 6) is 0.467. The van der Waals surface area contributed by atoms with Crippen molar-refractivity contribution in [2.75, 3.05) is 0 Å². The van der Waals surface area contributed by atoms with Crippen molar-refractivity contribution < 1.29 is 10.2 Å². The first kappa shape index (κ1) is 13.7. The third-order valence-electron chi connectivity index (χ3n) is 4.02. The molecule has 94 valence electrons. The summed E-state index contributed by atoms with van der Waals surface area (Å²) in [4.78, 5) is 0. The lowest BCUT2D eigenvalue weighted by molar-refractivity contribution is -0.0322. The molecule has 0 spiro atoms. The molecule has 2 N–H and O–H groups in total. The van der Waals surface area contributed by atoms with Crippen LogP contribution in [-0.4, -0.2) is 21.9 Å². The maximum Gasteiger partial charge on any atom is 0.0654 e. The summed E-state index contributed by atoms with van der Waals surface area (Å²) in [7, 11) is 0. The lowest BCUT2D eigenvalue weighted by Crippen LogP contribution is -2.37. The highest BCUT2D eigenvalue weighted by Gasteiger charge is 2.42. The minimum absolute atomic E-state index is 0.222. The SMILES string of the molecule is CC(C)=CCCC(C)(O)[C@@H]1CC[C@@H](O)[C@H]1C. The fourth-order valence-corrected chi connectivity index (χ4v) is 2.86. The molecular formula is C14H26O2. The fourth-order valence-electron chi connectivity index (χ4n) is 2.86. The molecule has 16 heavy (non-hydrogen) atoms. The van der Waals surface area contributed by atoms with Crippen LogP contribution in [0.1, 0.15) is 53.4 Å². The normalized spacial score (nSPS) is 33.5. The van der Waals surface area contributed by atoms with E-state index in [0.717, 1.165) is 25.7 Å². The third-order valence-corrected chi connectivity index (χ3v) is 4.02. The molecule has 1 aliphatic carbocycles. The Morgan fingerprint density at radius 2 is 2.00 bits per heavy atom. The van der Waals surface area contributed by atoms with Crippen LogP contribution in [0, 0.1) is 11.8 Å². The van der Waals surface area contributed by atoms with Gasteiger partial charge in [-0.1, -0.05) is 18.6 Å². The molecule has 1 unspecified atom stereocenters. The maximum atomic E-state index is 10.5. The lowest BCUT2D eigenvalue weighted by Gasteiger charge is -2.33. The topological polar surface area (TPSA) is 40.5 Å². The molecule has 2 heteroatoms. The second-order valence-corrected chi connectivity index (χ2v) is 5.79. The van der Waals surface area contributed by atoms with Crippen LogP contribution in [0.3, 0.4) is 0 Å². The van der Waals surface area contributed by atoms with Gasteiger partial charge in [-0.2, -0.15) is 0 Å². The predicted molar refractivity (Wildman–Crippen MR) is 67.2 cm³/mol. The molecule has 0 aliphatic heterocycles. The molecule has 1 rings (SSSR count). The number of hydrogen-bond donors (Lipinski definition) is 2. The van der Waals surface area contributed by atoms with Gasteiger partial charge in [0.1, 0.15) is 0 Å². The summed E-state index contributed by atoms with van der Waals surface area (Å²) in [6.45, 7) is 8.13. The van der Waals surface area contributed by atoms with E-state index in [9.17, 15) is 10.2 Å². The monoisotopic (exact) mass is 226 g/mol. The highest BCUT2D eigenvalue weighted by atomic mass is 16.3. The average Bonchev–Trinajstić information content (AvgIpc) is 2.47. The number of hydrogen-bond acceptors (Lipinski definition) is 2. The van der Waals surface area contributed by atoms with E-state index in [4.69, 9.17) is 0 Å². The van der Waals surface area contributed by atoms with E-state index in [2.05, 4.69) is 26.8 Å². The van der Waals surface area contributed by atoms with Crippen LogP contribution in [0.4, 0.5) is 0 Å². The number of aliphatic hydroxyl groups is 2. The van der Waals surface area contributed by atoms with Gasteiger partial charge in [0.2, 0.25) is 0 Å². The van der Waals surface area contributed by atoms with Gasteiger partial charge in [0, 0.05) is 0 Å². The van der Waals surface area contributed by atoms with Crippen molar-refractivity contribution in [2.45, 2.75) is 65.1 Å². The number of rotatable bonds is 4. The van der Waals surface area contributed by atoms with Gasteiger partial charge in [0.25, 0.3) is 0 Å². The van der Waals surface area contributed by atoms with E-state index in [1.165, 1.54) is 5.57 Å². The Morgan fingerprint density at radius 3 is 2.44 bits per heavy atom. The standard InChI is InChI=1S/C14H26O2/c1-10(2)6-5-9-14(4,16)12-7-8-13(15)11(12)3/h6,11-13,15-16H,5,7-9H2,1-4H3/t11-,12+,13+,14?/m0/s1. The van der Waals surface area contributed by atoms with Gasteiger partial charge in [-0.05, 0) is 58.3 Å². The van der Waals surface area contributed by atoms with Crippen LogP contribution in [0.5, 0.6) is 0 Å². The van der Waals surface area contributed by atoms with Crippen LogP contribution in [-0.2, 0) is 0 Å². The van der Waals surface area contributed by atoms with Crippen molar-refractivity contribution >= 4 is 0 Å². The number of aliphatic hydroxyl groups excluding tert-OH is 1. The molecule has 1 fully saturated rings. The maximum absolute atomic E-state index is 10.5. The van der Waals surface area contributed by atoms with Gasteiger partial charge in [0.05, 0.1) is 11.7 Å². The van der Waals surface area contributed by atoms with E-state index in [0.29, 0.717) is 0 Å². The van der Waals surface area contributed by atoms with E-state index >= 15 is 0 Å². The van der Waals surface area contributed by atoms with E-state index < -0.39 is 5.60 Å². The molecule has 0 bridgehead atoms. The first-order chi connectivity index (χ1) is 7.34. The summed E-state index contributed by atoms with van der Waals surface area (Å²) in [6, 6.07) is 0. The molecular weight excluding hydrogens is 200 g/mol. The zero-order chi connectivity index (χ0) is 12.3. The van der Waals surface area contributed by atoms with E-state index in [1.807, 2.05) is 6.92 Å². The molecule has 0 aromatic carbocycles. The first-order valence-corrected chi connectivity index (χ1v) is 6.38. The highest BCUT2D eigenvalue weighted by molar-refractivity contribution is 4.97. The Balaban J connectivity index is 2.53. The fraction of sp³-hybridized carbons (Fsp3) is 0.857. The minimum atomic E-state index is -0.636. The highest BCUT2D eigenvalue weighted by Crippen LogP contribution is 2.41. The van der Waals surface area contributed by atoms with Gasteiger partial charge in [-0.3, -0.25) is 0 Å². The minimum Gasteiger partial charge on any atom is -0.393 e. The molecule has 1 aliphatic rings. The van der Waals surface area contributed by atoms with Crippen LogP contribution in [0.25, 0.3) is 0 Å². The van der Waals surface area contributed by atoms with Crippen molar-refractivity contribution in [1.29, 1.82) is 0 Å². The van der Waals surface area contributed by atoms with Crippen molar-refractivity contribution in [3.63, 3.8) is 0 Å². The van der Waals surface area contributed by atoms with E-state index in [-0.39, 0.29) is 17.9 Å². The van der Waals surface area contributed by atoms with Crippen LogP contribution >= 0.6 is 0 Å². The molecule has 0 radical (unpaired) electrons. The van der Waals surface area contributed by atoms with Crippen molar-refractivity contribution in [2.24, 2.45) is 11.8 Å². The van der Waals surface area contributed by atoms with Gasteiger partial charge in [-0.25, -0.2) is 0 Å². The molecule has 0 saturated heterocycles. The second-order valence-electron chi connectivity index (χ2n) is 5.79. The molecule has 0 aromatic heterocycles. The second kappa shape index (κ2) is 5.33. The molecule has 4 atom stereocenters. The first-order valence-electron chi connectivity index (χ1n) is 6.38. The van der Waals surface area contributed by atoms with Gasteiger partial charge < -0.3 is 10.2 Å². The Kier molecular flexibility index (Phi) is 4.57. The summed E-state index contributed by atoms with van der Waals surface area (Å²) < 4.78 is 0. The summed E-state index contributed by atoms with van der Waals surface area (Å²) >= 11 is 0. The average molecular weight is 226 g/mol. The lowest BCUT2D eigenvalue weighted by atomic mass is 9.79. The Labute approximate surface area is 99.4 Å². The molecule has 0 heterocycles.